The van der Waals surface area contributed by atoms with Crippen LogP contribution in [0.4, 0.5) is 16.2 Å². The molecule has 3 aromatic carbocycles. The molecule has 1 unspecified atom stereocenters. The number of nitro benzene ring substituents is 1. The van der Waals surface area contributed by atoms with Gasteiger partial charge in [-0.2, -0.15) is 0 Å². The minimum atomic E-state index is -0.515. The van der Waals surface area contributed by atoms with Crippen LogP contribution in [0.25, 0.3) is 0 Å². The number of carbonyl (C=O) groups excluding carboxylic acids is 1. The van der Waals surface area contributed by atoms with Gasteiger partial charge in [0.1, 0.15) is 6.61 Å². The Morgan fingerprint density at radius 2 is 1.87 bits per heavy atom. The molecule has 0 saturated heterocycles. The molecule has 1 aliphatic heterocycles. The van der Waals surface area contributed by atoms with Crippen LogP contribution in [0.2, 0.25) is 5.02 Å². The van der Waals surface area contributed by atoms with Crippen LogP contribution in [-0.2, 0) is 17.8 Å². The van der Waals surface area contributed by atoms with E-state index in [0.717, 1.165) is 16.7 Å². The topological polar surface area (TPSA) is 72.7 Å². The number of hydrogen-bond donors (Lipinski definition) is 0. The Labute approximate surface area is 192 Å². The number of anilines is 1. The highest BCUT2D eigenvalue weighted by atomic mass is 79.9. The summed E-state index contributed by atoms with van der Waals surface area (Å²) in [6, 6.07) is 19.4. The first-order valence-corrected chi connectivity index (χ1v) is 10.8. The van der Waals surface area contributed by atoms with Crippen molar-refractivity contribution in [3.05, 3.63) is 103 Å². The highest BCUT2D eigenvalue weighted by molar-refractivity contribution is 9.10. The van der Waals surface area contributed by atoms with Gasteiger partial charge in [-0.15, -0.1) is 0 Å². The summed E-state index contributed by atoms with van der Waals surface area (Å²) < 4.78 is 6.12. The van der Waals surface area contributed by atoms with Gasteiger partial charge in [0.25, 0.3) is 5.69 Å². The standard InChI is InChI=1S/C23H18BrClN2O4/c24-20-13-19(27(29)30)12-17-8-11-21(16-6-9-18(25)10-7-16)26(22(17)20)23(28)31-14-15-4-2-1-3-5-15/h1-7,9-10,12-13,21H,8,11,14H2. The first kappa shape index (κ1) is 21.3. The zero-order valence-electron chi connectivity index (χ0n) is 16.3. The van der Waals surface area contributed by atoms with Gasteiger partial charge in [0.2, 0.25) is 0 Å². The summed E-state index contributed by atoms with van der Waals surface area (Å²) in [7, 11) is 0. The van der Waals surface area contributed by atoms with Gasteiger partial charge in [0.05, 0.1) is 16.7 Å². The van der Waals surface area contributed by atoms with Crippen LogP contribution in [0.3, 0.4) is 0 Å². The Hall–Kier alpha value is -2.90. The van der Waals surface area contributed by atoms with Crippen molar-refractivity contribution in [2.45, 2.75) is 25.5 Å². The number of non-ortho nitro benzene ring substituents is 1. The van der Waals surface area contributed by atoms with Crippen molar-refractivity contribution in [1.82, 2.24) is 0 Å². The number of hydrogen-bond acceptors (Lipinski definition) is 4. The molecule has 0 saturated carbocycles. The largest absolute Gasteiger partial charge is 0.444 e. The first-order valence-electron chi connectivity index (χ1n) is 9.66. The summed E-state index contributed by atoms with van der Waals surface area (Å²) >= 11 is 9.49. The molecule has 6 nitrogen and oxygen atoms in total. The van der Waals surface area contributed by atoms with E-state index in [4.69, 9.17) is 16.3 Å². The van der Waals surface area contributed by atoms with E-state index in [9.17, 15) is 14.9 Å². The lowest BCUT2D eigenvalue weighted by atomic mass is 9.91. The monoisotopic (exact) mass is 500 g/mol. The van der Waals surface area contributed by atoms with E-state index in [1.807, 2.05) is 42.5 Å². The SMILES string of the molecule is O=C(OCc1ccccc1)N1c2c(Br)cc([N+](=O)[O-])cc2CCC1c1ccc(Cl)cc1. The smallest absolute Gasteiger partial charge is 0.415 e. The summed E-state index contributed by atoms with van der Waals surface area (Å²) in [4.78, 5) is 25.7. The van der Waals surface area contributed by atoms with E-state index >= 15 is 0 Å². The first-order chi connectivity index (χ1) is 14.9. The summed E-state index contributed by atoms with van der Waals surface area (Å²) in [6.45, 7) is 0.128. The van der Waals surface area contributed by atoms with Gasteiger partial charge in [0, 0.05) is 21.6 Å². The van der Waals surface area contributed by atoms with Gasteiger partial charge in [0.15, 0.2) is 0 Å². The Bertz CT molecular complexity index is 1120. The molecule has 31 heavy (non-hydrogen) atoms. The van der Waals surface area contributed by atoms with Crippen molar-refractivity contribution >= 4 is 45.0 Å². The van der Waals surface area contributed by atoms with Gasteiger partial charge in [-0.25, -0.2) is 4.79 Å². The number of benzene rings is 3. The quantitative estimate of drug-likeness (QED) is 0.290. The second-order valence-corrected chi connectivity index (χ2v) is 8.50. The molecule has 158 valence electrons. The molecule has 1 amide bonds. The molecule has 1 aliphatic rings. The number of ether oxygens (including phenoxy) is 1. The van der Waals surface area contributed by atoms with E-state index in [1.165, 1.54) is 12.1 Å². The summed E-state index contributed by atoms with van der Waals surface area (Å²) in [5, 5.41) is 11.9. The molecule has 0 aliphatic carbocycles. The van der Waals surface area contributed by atoms with Crippen LogP contribution >= 0.6 is 27.5 Å². The van der Waals surface area contributed by atoms with Crippen LogP contribution in [0.15, 0.2) is 71.2 Å². The minimum Gasteiger partial charge on any atom is -0.444 e. The maximum Gasteiger partial charge on any atom is 0.415 e. The Kier molecular flexibility index (Phi) is 6.25. The maximum absolute atomic E-state index is 13.3. The number of amides is 1. The van der Waals surface area contributed by atoms with Crippen molar-refractivity contribution < 1.29 is 14.5 Å². The van der Waals surface area contributed by atoms with Crippen LogP contribution in [0.1, 0.15) is 29.2 Å². The normalized spacial score (nSPS) is 15.3. The van der Waals surface area contributed by atoms with E-state index in [-0.39, 0.29) is 18.3 Å². The molecule has 8 heteroatoms. The van der Waals surface area contributed by atoms with Gasteiger partial charge in [-0.1, -0.05) is 54.1 Å². The highest BCUT2D eigenvalue weighted by Crippen LogP contribution is 2.45. The molecule has 4 rings (SSSR count). The molecular formula is C23H18BrClN2O4. The maximum atomic E-state index is 13.3. The fraction of sp³-hybridized carbons (Fsp3) is 0.174. The lowest BCUT2D eigenvalue weighted by molar-refractivity contribution is -0.385. The number of nitrogens with zero attached hydrogens (tertiary/aromatic N) is 2. The number of carbonyl (C=O) groups is 1. The second-order valence-electron chi connectivity index (χ2n) is 7.21. The zero-order valence-corrected chi connectivity index (χ0v) is 18.7. The fourth-order valence-corrected chi connectivity index (χ4v) is 4.60. The van der Waals surface area contributed by atoms with E-state index in [2.05, 4.69) is 15.9 Å². The van der Waals surface area contributed by atoms with Crippen molar-refractivity contribution in [2.75, 3.05) is 4.90 Å². The van der Waals surface area contributed by atoms with Crippen molar-refractivity contribution in [3.8, 4) is 0 Å². The van der Waals surface area contributed by atoms with Gasteiger partial charge < -0.3 is 4.74 Å². The molecule has 0 bridgehead atoms. The Morgan fingerprint density at radius 1 is 1.16 bits per heavy atom. The predicted molar refractivity (Wildman–Crippen MR) is 122 cm³/mol. The predicted octanol–water partition coefficient (Wildman–Crippen LogP) is 6.84. The number of fused-ring (bicyclic) bond motifs is 1. The lowest BCUT2D eigenvalue weighted by Crippen LogP contribution is -2.39. The summed E-state index contributed by atoms with van der Waals surface area (Å²) in [5.74, 6) is 0. The third kappa shape index (κ3) is 4.57. The molecule has 1 atom stereocenters. The summed E-state index contributed by atoms with van der Waals surface area (Å²) in [5.41, 5.74) is 3.09. The van der Waals surface area contributed by atoms with Crippen molar-refractivity contribution in [3.63, 3.8) is 0 Å². The Balaban J connectivity index is 1.72. The van der Waals surface area contributed by atoms with Gasteiger partial charge in [-0.3, -0.25) is 15.0 Å². The third-order valence-electron chi connectivity index (χ3n) is 5.23. The van der Waals surface area contributed by atoms with E-state index in [0.29, 0.717) is 28.0 Å². The molecule has 0 radical (unpaired) electrons. The highest BCUT2D eigenvalue weighted by Gasteiger charge is 2.36. The lowest BCUT2D eigenvalue weighted by Gasteiger charge is -2.37. The van der Waals surface area contributed by atoms with Gasteiger partial charge >= 0.3 is 6.09 Å². The fourth-order valence-electron chi connectivity index (χ4n) is 3.79. The van der Waals surface area contributed by atoms with Crippen molar-refractivity contribution in [2.24, 2.45) is 0 Å². The van der Waals surface area contributed by atoms with Crippen molar-refractivity contribution in [1.29, 1.82) is 0 Å². The van der Waals surface area contributed by atoms with Crippen LogP contribution < -0.4 is 4.90 Å². The molecule has 3 aromatic rings. The molecule has 0 spiro atoms. The molecule has 1 heterocycles. The second kappa shape index (κ2) is 9.08. The Morgan fingerprint density at radius 3 is 2.55 bits per heavy atom. The zero-order chi connectivity index (χ0) is 22.0. The van der Waals surface area contributed by atoms with Gasteiger partial charge in [-0.05, 0) is 57.6 Å². The third-order valence-corrected chi connectivity index (χ3v) is 6.09. The molecule has 0 fully saturated rings. The van der Waals surface area contributed by atoms with Crippen LogP contribution in [0, 0.1) is 10.1 Å². The minimum absolute atomic E-state index is 0.0202. The summed E-state index contributed by atoms with van der Waals surface area (Å²) in [6.07, 6.45) is 0.674. The number of nitro groups is 1. The molecule has 0 N–H and O–H groups in total. The molecular weight excluding hydrogens is 484 g/mol. The molecule has 0 aromatic heterocycles. The van der Waals surface area contributed by atoms with Crippen LogP contribution in [-0.4, -0.2) is 11.0 Å². The average Bonchev–Trinajstić information content (AvgIpc) is 2.78. The number of aryl methyl sites for hydroxylation is 1. The number of rotatable bonds is 4. The number of halogens is 2. The van der Waals surface area contributed by atoms with Crippen LogP contribution in [0.5, 0.6) is 0 Å². The average molecular weight is 502 g/mol. The van der Waals surface area contributed by atoms with E-state index in [1.54, 1.807) is 17.0 Å². The van der Waals surface area contributed by atoms with E-state index < -0.39 is 11.0 Å².